The van der Waals surface area contributed by atoms with E-state index in [9.17, 15) is 18.0 Å². The van der Waals surface area contributed by atoms with Gasteiger partial charge in [0.2, 0.25) is 5.91 Å². The van der Waals surface area contributed by atoms with E-state index in [4.69, 9.17) is 5.73 Å². The minimum absolute atomic E-state index is 0.0716. The van der Waals surface area contributed by atoms with Crippen molar-refractivity contribution in [3.63, 3.8) is 0 Å². The maximum atomic E-state index is 13.2. The molecule has 3 heterocycles. The van der Waals surface area contributed by atoms with Gasteiger partial charge in [-0.15, -0.1) is 11.3 Å². The Labute approximate surface area is 189 Å². The number of anilines is 1. The maximum Gasteiger partial charge on any atom is 0.416 e. The number of aromatic nitrogens is 1. The summed E-state index contributed by atoms with van der Waals surface area (Å²) in [6, 6.07) is 5.47. The molecule has 0 aliphatic carbocycles. The molecule has 32 heavy (non-hydrogen) atoms. The van der Waals surface area contributed by atoms with Crippen LogP contribution in [0.15, 0.2) is 35.8 Å². The van der Waals surface area contributed by atoms with Crippen LogP contribution in [0, 0.1) is 0 Å². The molecule has 2 aliphatic heterocycles. The minimum atomic E-state index is -4.38. The summed E-state index contributed by atoms with van der Waals surface area (Å²) in [7, 11) is 0. The average Bonchev–Trinajstić information content (AvgIpc) is 3.34. The standard InChI is InChI=1S/C22H28F3N5OS/c23-22(24,25)18-3-1-2-17(14-18)21(16-26)4-7-29(8-5-21)19(31)15-28-9-11-30(12-10-28)20-27-6-13-32-20/h1-3,6,13-14H,4-5,7-12,15-16,26H2. The third kappa shape index (κ3) is 4.92. The number of hydrogen-bond acceptors (Lipinski definition) is 6. The van der Waals surface area contributed by atoms with Crippen molar-refractivity contribution in [1.82, 2.24) is 14.8 Å². The molecule has 0 unspecified atom stereocenters. The van der Waals surface area contributed by atoms with Gasteiger partial charge in [0, 0.05) is 62.8 Å². The Morgan fingerprint density at radius 3 is 2.44 bits per heavy atom. The Hall–Kier alpha value is -2.17. The van der Waals surface area contributed by atoms with Crippen LogP contribution in [0.5, 0.6) is 0 Å². The Bertz CT molecular complexity index is 905. The topological polar surface area (TPSA) is 65.7 Å². The summed E-state index contributed by atoms with van der Waals surface area (Å²) in [5, 5.41) is 2.97. The van der Waals surface area contributed by atoms with Crippen LogP contribution in [0.3, 0.4) is 0 Å². The summed E-state index contributed by atoms with van der Waals surface area (Å²) >= 11 is 1.62. The fraction of sp³-hybridized carbons (Fsp3) is 0.545. The Kier molecular flexibility index (Phi) is 6.73. The lowest BCUT2D eigenvalue weighted by molar-refractivity contribution is -0.137. The second-order valence-electron chi connectivity index (χ2n) is 8.52. The number of carbonyl (C=O) groups is 1. The van der Waals surface area contributed by atoms with Crippen molar-refractivity contribution < 1.29 is 18.0 Å². The van der Waals surface area contributed by atoms with E-state index in [0.29, 0.717) is 38.0 Å². The predicted molar refractivity (Wildman–Crippen MR) is 119 cm³/mol. The number of alkyl halides is 3. The quantitative estimate of drug-likeness (QED) is 0.733. The molecule has 2 N–H and O–H groups in total. The number of nitrogens with zero attached hydrogens (tertiary/aromatic N) is 4. The van der Waals surface area contributed by atoms with Crippen LogP contribution in [0.1, 0.15) is 24.0 Å². The highest BCUT2D eigenvalue weighted by molar-refractivity contribution is 7.13. The van der Waals surface area contributed by atoms with Crippen LogP contribution in [0.2, 0.25) is 0 Å². The van der Waals surface area contributed by atoms with Gasteiger partial charge >= 0.3 is 6.18 Å². The molecule has 2 aromatic rings. The van der Waals surface area contributed by atoms with Crippen LogP contribution < -0.4 is 10.6 Å². The summed E-state index contributed by atoms with van der Waals surface area (Å²) in [6.07, 6.45) is -1.46. The second kappa shape index (κ2) is 9.36. The average molecular weight is 468 g/mol. The van der Waals surface area contributed by atoms with Gasteiger partial charge in [0.25, 0.3) is 0 Å². The van der Waals surface area contributed by atoms with Crippen molar-refractivity contribution in [2.24, 2.45) is 5.73 Å². The second-order valence-corrected chi connectivity index (χ2v) is 9.39. The number of halogens is 3. The molecule has 2 saturated heterocycles. The number of thiazole rings is 1. The molecule has 0 bridgehead atoms. The molecule has 2 fully saturated rings. The zero-order chi connectivity index (χ0) is 22.8. The normalized spacial score (nSPS) is 19.9. The molecular formula is C22H28F3N5OS. The van der Waals surface area contributed by atoms with E-state index in [2.05, 4.69) is 14.8 Å². The Morgan fingerprint density at radius 2 is 1.84 bits per heavy atom. The van der Waals surface area contributed by atoms with Crippen LogP contribution in [-0.4, -0.2) is 73.0 Å². The summed E-state index contributed by atoms with van der Waals surface area (Å²) < 4.78 is 39.5. The first-order chi connectivity index (χ1) is 15.3. The highest BCUT2D eigenvalue weighted by atomic mass is 32.1. The molecule has 6 nitrogen and oxygen atoms in total. The zero-order valence-corrected chi connectivity index (χ0v) is 18.7. The third-order valence-corrected chi connectivity index (χ3v) is 7.52. The van der Waals surface area contributed by atoms with Gasteiger partial charge in [-0.25, -0.2) is 4.98 Å². The predicted octanol–water partition coefficient (Wildman–Crippen LogP) is 2.80. The monoisotopic (exact) mass is 467 g/mol. The number of rotatable bonds is 5. The van der Waals surface area contributed by atoms with E-state index < -0.39 is 17.2 Å². The molecule has 0 spiro atoms. The van der Waals surface area contributed by atoms with Gasteiger partial charge < -0.3 is 15.5 Å². The minimum Gasteiger partial charge on any atom is -0.346 e. The van der Waals surface area contributed by atoms with Crippen molar-refractivity contribution >= 4 is 22.4 Å². The molecule has 0 atom stereocenters. The maximum absolute atomic E-state index is 13.2. The number of likely N-dealkylation sites (tertiary alicyclic amines) is 1. The number of hydrogen-bond donors (Lipinski definition) is 1. The largest absolute Gasteiger partial charge is 0.416 e. The van der Waals surface area contributed by atoms with Gasteiger partial charge in [0.15, 0.2) is 5.13 Å². The molecule has 1 amide bonds. The van der Waals surface area contributed by atoms with E-state index in [1.807, 2.05) is 10.3 Å². The molecule has 1 aromatic heterocycles. The van der Waals surface area contributed by atoms with E-state index in [1.165, 1.54) is 12.1 Å². The van der Waals surface area contributed by atoms with Crippen molar-refractivity contribution in [3.8, 4) is 0 Å². The molecule has 174 valence electrons. The molecule has 4 rings (SSSR count). The number of amides is 1. The lowest BCUT2D eigenvalue weighted by Gasteiger charge is -2.42. The van der Waals surface area contributed by atoms with Gasteiger partial charge in [0.1, 0.15) is 0 Å². The van der Waals surface area contributed by atoms with Crippen LogP contribution in [0.25, 0.3) is 0 Å². The fourth-order valence-electron chi connectivity index (χ4n) is 4.58. The number of benzene rings is 1. The summed E-state index contributed by atoms with van der Waals surface area (Å²) in [4.78, 5) is 23.4. The molecule has 1 aromatic carbocycles. The van der Waals surface area contributed by atoms with Crippen molar-refractivity contribution in [2.75, 3.05) is 57.3 Å². The Morgan fingerprint density at radius 1 is 1.12 bits per heavy atom. The molecule has 2 aliphatic rings. The first kappa shape index (κ1) is 23.0. The summed E-state index contributed by atoms with van der Waals surface area (Å²) in [5.41, 5.74) is 5.48. The highest BCUT2D eigenvalue weighted by Crippen LogP contribution is 2.38. The fourth-order valence-corrected chi connectivity index (χ4v) is 5.28. The van der Waals surface area contributed by atoms with E-state index in [0.717, 1.165) is 37.4 Å². The first-order valence-electron chi connectivity index (χ1n) is 10.8. The van der Waals surface area contributed by atoms with Gasteiger partial charge in [-0.2, -0.15) is 13.2 Å². The van der Waals surface area contributed by atoms with Crippen LogP contribution >= 0.6 is 11.3 Å². The van der Waals surface area contributed by atoms with Gasteiger partial charge in [0.05, 0.1) is 12.1 Å². The highest BCUT2D eigenvalue weighted by Gasteiger charge is 2.38. The van der Waals surface area contributed by atoms with Gasteiger partial charge in [-0.3, -0.25) is 9.69 Å². The Balaban J connectivity index is 1.32. The van der Waals surface area contributed by atoms with Crippen LogP contribution in [-0.2, 0) is 16.4 Å². The lowest BCUT2D eigenvalue weighted by Crippen LogP contribution is -2.53. The van der Waals surface area contributed by atoms with E-state index in [1.54, 1.807) is 23.6 Å². The van der Waals surface area contributed by atoms with Gasteiger partial charge in [-0.1, -0.05) is 18.2 Å². The molecule has 0 saturated carbocycles. The SMILES string of the molecule is NCC1(c2cccc(C(F)(F)F)c2)CCN(C(=O)CN2CCN(c3nccs3)CC2)CC1. The zero-order valence-electron chi connectivity index (χ0n) is 17.9. The number of piperidine rings is 1. The molecular weight excluding hydrogens is 439 g/mol. The summed E-state index contributed by atoms with van der Waals surface area (Å²) in [5.74, 6) is 0.0716. The number of nitrogens with two attached hydrogens (primary N) is 1. The lowest BCUT2D eigenvalue weighted by atomic mass is 9.72. The molecule has 0 radical (unpaired) electrons. The van der Waals surface area contributed by atoms with Crippen molar-refractivity contribution in [3.05, 3.63) is 47.0 Å². The molecule has 10 heteroatoms. The number of carbonyl (C=O) groups excluding carboxylic acids is 1. The third-order valence-electron chi connectivity index (χ3n) is 6.69. The van der Waals surface area contributed by atoms with Crippen LogP contribution in [0.4, 0.5) is 18.3 Å². The van der Waals surface area contributed by atoms with Crippen molar-refractivity contribution in [1.29, 1.82) is 0 Å². The first-order valence-corrected chi connectivity index (χ1v) is 11.7. The van der Waals surface area contributed by atoms with E-state index >= 15 is 0 Å². The smallest absolute Gasteiger partial charge is 0.346 e. The van der Waals surface area contributed by atoms with Gasteiger partial charge in [-0.05, 0) is 24.5 Å². The number of piperazine rings is 1. The summed E-state index contributed by atoms with van der Waals surface area (Å²) in [6.45, 7) is 4.92. The van der Waals surface area contributed by atoms with E-state index in [-0.39, 0.29) is 12.5 Å². The van der Waals surface area contributed by atoms with Crippen molar-refractivity contribution in [2.45, 2.75) is 24.4 Å².